The van der Waals surface area contributed by atoms with E-state index in [1.54, 1.807) is 7.05 Å². The Bertz CT molecular complexity index is 613. The molecule has 27 heavy (non-hydrogen) atoms. The number of aliphatic imine (C=N–C) groups is 1. The Morgan fingerprint density at radius 1 is 1.30 bits per heavy atom. The van der Waals surface area contributed by atoms with Crippen LogP contribution in [0.15, 0.2) is 29.3 Å². The summed E-state index contributed by atoms with van der Waals surface area (Å²) in [4.78, 5) is 16.2. The Kier molecular flexibility index (Phi) is 10.7. The van der Waals surface area contributed by atoms with Crippen molar-refractivity contribution < 1.29 is 9.53 Å². The van der Waals surface area contributed by atoms with Crippen LogP contribution in [-0.2, 0) is 9.53 Å². The second-order valence-electron chi connectivity index (χ2n) is 7.21. The smallest absolute Gasteiger partial charge is 0.308 e. The molecule has 0 aliphatic heterocycles. The van der Waals surface area contributed by atoms with E-state index in [4.69, 9.17) is 4.74 Å². The summed E-state index contributed by atoms with van der Waals surface area (Å²) in [6, 6.07) is 9.00. The van der Waals surface area contributed by atoms with Crippen LogP contribution in [0, 0.1) is 12.8 Å². The molecular formula is C21H34IN3O2. The normalized spacial score (nSPS) is 21.0. The van der Waals surface area contributed by atoms with Gasteiger partial charge in [0.2, 0.25) is 0 Å². The summed E-state index contributed by atoms with van der Waals surface area (Å²) >= 11 is 0. The van der Waals surface area contributed by atoms with Gasteiger partial charge in [-0.15, -0.1) is 24.0 Å². The lowest BCUT2D eigenvalue weighted by Crippen LogP contribution is -2.46. The maximum absolute atomic E-state index is 11.8. The molecule has 5 nitrogen and oxygen atoms in total. The second-order valence-corrected chi connectivity index (χ2v) is 7.21. The molecular weight excluding hydrogens is 453 g/mol. The van der Waals surface area contributed by atoms with Crippen molar-refractivity contribution in [2.24, 2.45) is 10.9 Å². The molecule has 152 valence electrons. The first kappa shape index (κ1) is 23.7. The first-order chi connectivity index (χ1) is 12.5. The van der Waals surface area contributed by atoms with Gasteiger partial charge >= 0.3 is 5.97 Å². The number of halogens is 1. The predicted octanol–water partition coefficient (Wildman–Crippen LogP) is 4.00. The Morgan fingerprint density at radius 3 is 2.59 bits per heavy atom. The summed E-state index contributed by atoms with van der Waals surface area (Å²) in [5.74, 6) is 1.27. The summed E-state index contributed by atoms with van der Waals surface area (Å²) in [6.45, 7) is 7.50. The Balaban J connectivity index is 0.00000364. The third-order valence-electron chi connectivity index (χ3n) is 5.10. The third-order valence-corrected chi connectivity index (χ3v) is 5.10. The highest BCUT2D eigenvalue weighted by Crippen LogP contribution is 2.25. The van der Waals surface area contributed by atoms with Crippen molar-refractivity contribution in [3.63, 3.8) is 0 Å². The molecule has 1 fully saturated rings. The minimum Gasteiger partial charge on any atom is -0.466 e. The van der Waals surface area contributed by atoms with Crippen LogP contribution in [0.1, 0.15) is 56.6 Å². The molecule has 1 aliphatic carbocycles. The van der Waals surface area contributed by atoms with Gasteiger partial charge in [-0.25, -0.2) is 0 Å². The highest BCUT2D eigenvalue weighted by molar-refractivity contribution is 14.0. The Morgan fingerprint density at radius 2 is 2.00 bits per heavy atom. The van der Waals surface area contributed by atoms with Gasteiger partial charge in [-0.1, -0.05) is 36.8 Å². The first-order valence-corrected chi connectivity index (χ1v) is 9.73. The topological polar surface area (TPSA) is 62.7 Å². The van der Waals surface area contributed by atoms with E-state index >= 15 is 0 Å². The minimum absolute atomic E-state index is 0. The van der Waals surface area contributed by atoms with E-state index in [-0.39, 0.29) is 35.9 Å². The predicted molar refractivity (Wildman–Crippen MR) is 122 cm³/mol. The van der Waals surface area contributed by atoms with Crippen LogP contribution in [-0.4, -0.2) is 38.2 Å². The van der Waals surface area contributed by atoms with E-state index in [0.717, 1.165) is 38.2 Å². The van der Waals surface area contributed by atoms with Gasteiger partial charge < -0.3 is 15.4 Å². The lowest BCUT2D eigenvalue weighted by molar-refractivity contribution is -0.149. The van der Waals surface area contributed by atoms with Crippen LogP contribution in [0.25, 0.3) is 0 Å². The van der Waals surface area contributed by atoms with Gasteiger partial charge in [0.1, 0.15) is 0 Å². The van der Waals surface area contributed by atoms with Crippen molar-refractivity contribution in [3.05, 3.63) is 35.4 Å². The first-order valence-electron chi connectivity index (χ1n) is 9.73. The number of nitrogens with one attached hydrogen (secondary N) is 2. The molecule has 0 saturated heterocycles. The summed E-state index contributed by atoms with van der Waals surface area (Å²) in [5, 5.41) is 6.94. The number of carbonyl (C=O) groups excluding carboxylic acids is 1. The number of guanidine groups is 1. The minimum atomic E-state index is -0.0413. The molecule has 1 unspecified atom stereocenters. The van der Waals surface area contributed by atoms with Crippen LogP contribution in [0.2, 0.25) is 0 Å². The molecule has 1 aromatic rings. The lowest BCUT2D eigenvalue weighted by atomic mass is 9.86. The Hall–Kier alpha value is -1.31. The SMILES string of the molecule is CCOC(=O)C1CCC(NC(=NC)NCC(C)c2cccc(C)c2)CC1.I. The molecule has 2 rings (SSSR count). The molecule has 1 aromatic carbocycles. The fourth-order valence-corrected chi connectivity index (χ4v) is 3.47. The van der Waals surface area contributed by atoms with Gasteiger partial charge in [-0.05, 0) is 51.0 Å². The number of hydrogen-bond donors (Lipinski definition) is 2. The number of aryl methyl sites for hydroxylation is 1. The van der Waals surface area contributed by atoms with Gasteiger partial charge in [0.15, 0.2) is 5.96 Å². The number of rotatable bonds is 6. The molecule has 2 N–H and O–H groups in total. The molecule has 1 aliphatic rings. The number of benzene rings is 1. The van der Waals surface area contributed by atoms with E-state index in [9.17, 15) is 4.79 Å². The zero-order valence-electron chi connectivity index (χ0n) is 17.0. The zero-order chi connectivity index (χ0) is 18.9. The molecule has 0 heterocycles. The lowest BCUT2D eigenvalue weighted by Gasteiger charge is -2.29. The van der Waals surface area contributed by atoms with Crippen LogP contribution < -0.4 is 10.6 Å². The fraction of sp³-hybridized carbons (Fsp3) is 0.619. The molecule has 0 aromatic heterocycles. The molecule has 0 bridgehead atoms. The van der Waals surface area contributed by atoms with Gasteiger partial charge in [-0.3, -0.25) is 9.79 Å². The van der Waals surface area contributed by atoms with Crippen molar-refractivity contribution in [1.29, 1.82) is 0 Å². The maximum Gasteiger partial charge on any atom is 0.308 e. The van der Waals surface area contributed by atoms with E-state index in [1.165, 1.54) is 11.1 Å². The molecule has 0 spiro atoms. The van der Waals surface area contributed by atoms with Crippen molar-refractivity contribution >= 4 is 35.9 Å². The van der Waals surface area contributed by atoms with Crippen LogP contribution in [0.4, 0.5) is 0 Å². The summed E-state index contributed by atoms with van der Waals surface area (Å²) in [7, 11) is 1.80. The van der Waals surface area contributed by atoms with Gasteiger partial charge in [-0.2, -0.15) is 0 Å². The van der Waals surface area contributed by atoms with Crippen molar-refractivity contribution in [2.45, 2.75) is 58.4 Å². The van der Waals surface area contributed by atoms with E-state index < -0.39 is 0 Å². The summed E-state index contributed by atoms with van der Waals surface area (Å²) in [5.41, 5.74) is 2.62. The third kappa shape index (κ3) is 7.68. The Labute approximate surface area is 180 Å². The van der Waals surface area contributed by atoms with E-state index in [1.807, 2.05) is 6.92 Å². The molecule has 6 heteroatoms. The van der Waals surface area contributed by atoms with Gasteiger partial charge in [0.25, 0.3) is 0 Å². The van der Waals surface area contributed by atoms with Crippen LogP contribution in [0.5, 0.6) is 0 Å². The van der Waals surface area contributed by atoms with Crippen molar-refractivity contribution in [3.8, 4) is 0 Å². The van der Waals surface area contributed by atoms with Crippen LogP contribution >= 0.6 is 24.0 Å². The van der Waals surface area contributed by atoms with E-state index in [0.29, 0.717) is 18.6 Å². The fourth-order valence-electron chi connectivity index (χ4n) is 3.47. The van der Waals surface area contributed by atoms with Crippen molar-refractivity contribution in [1.82, 2.24) is 10.6 Å². The second kappa shape index (κ2) is 12.2. The quantitative estimate of drug-likeness (QED) is 0.276. The highest BCUT2D eigenvalue weighted by Gasteiger charge is 2.27. The molecule has 1 atom stereocenters. The monoisotopic (exact) mass is 487 g/mol. The zero-order valence-corrected chi connectivity index (χ0v) is 19.3. The largest absolute Gasteiger partial charge is 0.466 e. The molecule has 0 amide bonds. The summed E-state index contributed by atoms with van der Waals surface area (Å²) < 4.78 is 5.14. The van der Waals surface area contributed by atoms with Crippen LogP contribution in [0.3, 0.4) is 0 Å². The molecule has 0 radical (unpaired) electrons. The highest BCUT2D eigenvalue weighted by atomic mass is 127. The van der Waals surface area contributed by atoms with E-state index in [2.05, 4.69) is 53.7 Å². The van der Waals surface area contributed by atoms with Gasteiger partial charge in [0.05, 0.1) is 12.5 Å². The van der Waals surface area contributed by atoms with Crippen molar-refractivity contribution in [2.75, 3.05) is 20.2 Å². The number of esters is 1. The number of hydrogen-bond acceptors (Lipinski definition) is 3. The maximum atomic E-state index is 11.8. The standard InChI is InChI=1S/C21H33N3O2.HI/c1-5-26-20(25)17-9-11-19(12-10-17)24-21(22-4)23-14-16(3)18-8-6-7-15(2)13-18;/h6-8,13,16-17,19H,5,9-12,14H2,1-4H3,(H2,22,23,24);1H. The average Bonchev–Trinajstić information content (AvgIpc) is 2.65. The number of carbonyl (C=O) groups is 1. The average molecular weight is 487 g/mol. The van der Waals surface area contributed by atoms with Gasteiger partial charge in [0, 0.05) is 19.6 Å². The summed E-state index contributed by atoms with van der Waals surface area (Å²) in [6.07, 6.45) is 3.70. The number of ether oxygens (including phenoxy) is 1. The number of nitrogens with zero attached hydrogens (tertiary/aromatic N) is 1. The molecule has 1 saturated carbocycles.